The van der Waals surface area contributed by atoms with E-state index in [2.05, 4.69) is 15.6 Å². The first kappa shape index (κ1) is 11.5. The van der Waals surface area contributed by atoms with Crippen LogP contribution >= 0.6 is 0 Å². The minimum absolute atomic E-state index is 0.495. The summed E-state index contributed by atoms with van der Waals surface area (Å²) < 4.78 is 0. The maximum absolute atomic E-state index is 10.4. The molecule has 1 rings (SSSR count). The van der Waals surface area contributed by atoms with Crippen molar-refractivity contribution < 1.29 is 4.79 Å². The summed E-state index contributed by atoms with van der Waals surface area (Å²) in [7, 11) is 0. The average Bonchev–Trinajstić information content (AvgIpc) is 2.20. The van der Waals surface area contributed by atoms with E-state index in [0.29, 0.717) is 19.6 Å². The first-order valence-electron chi connectivity index (χ1n) is 4.84. The van der Waals surface area contributed by atoms with Crippen LogP contribution in [0.1, 0.15) is 11.3 Å². The van der Waals surface area contributed by atoms with Gasteiger partial charge in [-0.15, -0.1) is 0 Å². The van der Waals surface area contributed by atoms with Gasteiger partial charge in [0.25, 0.3) is 0 Å². The number of carbonyl (C=O) groups excluding carboxylic acids is 1. The Morgan fingerprint density at radius 2 is 2.33 bits per heavy atom. The number of hydrogen-bond acceptors (Lipinski definition) is 3. The van der Waals surface area contributed by atoms with E-state index in [0.717, 1.165) is 11.3 Å². The molecule has 0 spiro atoms. The Balaban J connectivity index is 2.21. The first-order valence-corrected chi connectivity index (χ1v) is 4.84. The Morgan fingerprint density at radius 3 is 3.00 bits per heavy atom. The van der Waals surface area contributed by atoms with Crippen molar-refractivity contribution in [2.45, 2.75) is 13.5 Å². The molecule has 5 nitrogen and oxygen atoms in total. The highest BCUT2D eigenvalue weighted by Crippen LogP contribution is 2.01. The molecule has 1 aromatic rings. The van der Waals surface area contributed by atoms with E-state index in [1.807, 2.05) is 19.1 Å². The molecular formula is C10H16N4O. The van der Waals surface area contributed by atoms with Gasteiger partial charge in [0.1, 0.15) is 0 Å². The van der Waals surface area contributed by atoms with Crippen LogP contribution in [0.2, 0.25) is 0 Å². The maximum atomic E-state index is 10.4. The predicted octanol–water partition coefficient (Wildman–Crippen LogP) is 0.148. The van der Waals surface area contributed by atoms with Crippen LogP contribution < -0.4 is 16.4 Å². The molecule has 0 bridgehead atoms. The zero-order valence-electron chi connectivity index (χ0n) is 8.79. The summed E-state index contributed by atoms with van der Waals surface area (Å²) >= 11 is 0. The molecule has 1 aromatic heterocycles. The highest BCUT2D eigenvalue weighted by Gasteiger charge is 1.97. The van der Waals surface area contributed by atoms with Gasteiger partial charge in [0.15, 0.2) is 0 Å². The van der Waals surface area contributed by atoms with Gasteiger partial charge >= 0.3 is 6.03 Å². The van der Waals surface area contributed by atoms with Crippen LogP contribution in [0, 0.1) is 6.92 Å². The standard InChI is InChI=1S/C10H16N4O/c1-8-3-2-4-13-9(8)7-12-5-6-14-10(11)15/h2-4,12H,5-7H2,1H3,(H3,11,14,15). The topological polar surface area (TPSA) is 80.0 Å². The van der Waals surface area contributed by atoms with Gasteiger partial charge in [0.05, 0.1) is 5.69 Å². The van der Waals surface area contributed by atoms with Crippen molar-refractivity contribution in [3.05, 3.63) is 29.6 Å². The van der Waals surface area contributed by atoms with E-state index in [9.17, 15) is 4.79 Å². The van der Waals surface area contributed by atoms with Gasteiger partial charge in [0, 0.05) is 25.8 Å². The second-order valence-corrected chi connectivity index (χ2v) is 3.23. The molecule has 1 heterocycles. The van der Waals surface area contributed by atoms with Crippen LogP contribution in [0.15, 0.2) is 18.3 Å². The molecule has 0 aliphatic heterocycles. The normalized spacial score (nSPS) is 9.93. The lowest BCUT2D eigenvalue weighted by Crippen LogP contribution is -2.35. The minimum atomic E-state index is -0.495. The molecule has 0 aliphatic rings. The van der Waals surface area contributed by atoms with Crippen molar-refractivity contribution in [3.8, 4) is 0 Å². The lowest BCUT2D eigenvalue weighted by Gasteiger charge is -2.06. The largest absolute Gasteiger partial charge is 0.352 e. The third kappa shape index (κ3) is 4.42. The van der Waals surface area contributed by atoms with Gasteiger partial charge in [-0.05, 0) is 18.6 Å². The third-order valence-electron chi connectivity index (χ3n) is 2.01. The van der Waals surface area contributed by atoms with Gasteiger partial charge in [-0.25, -0.2) is 4.79 Å². The number of primary amides is 1. The van der Waals surface area contributed by atoms with Crippen LogP contribution in [-0.2, 0) is 6.54 Å². The number of aromatic nitrogens is 1. The molecule has 0 aromatic carbocycles. The van der Waals surface area contributed by atoms with Gasteiger partial charge in [-0.1, -0.05) is 6.07 Å². The highest BCUT2D eigenvalue weighted by atomic mass is 16.2. The van der Waals surface area contributed by atoms with Crippen LogP contribution in [0.4, 0.5) is 4.79 Å². The quantitative estimate of drug-likeness (QED) is 0.602. The summed E-state index contributed by atoms with van der Waals surface area (Å²) in [5, 5.41) is 5.67. The van der Waals surface area contributed by atoms with Gasteiger partial charge < -0.3 is 16.4 Å². The second kappa shape index (κ2) is 5.98. The van der Waals surface area contributed by atoms with Crippen molar-refractivity contribution in [2.75, 3.05) is 13.1 Å². The smallest absolute Gasteiger partial charge is 0.312 e. The Kier molecular flexibility index (Phi) is 4.56. The molecule has 0 radical (unpaired) electrons. The fourth-order valence-electron chi connectivity index (χ4n) is 1.18. The molecule has 0 saturated carbocycles. The lowest BCUT2D eigenvalue weighted by molar-refractivity contribution is 0.249. The van der Waals surface area contributed by atoms with Crippen LogP contribution in [0.5, 0.6) is 0 Å². The molecule has 0 aliphatic carbocycles. The second-order valence-electron chi connectivity index (χ2n) is 3.23. The first-order chi connectivity index (χ1) is 7.20. The monoisotopic (exact) mass is 208 g/mol. The summed E-state index contributed by atoms with van der Waals surface area (Å²) in [5.74, 6) is 0. The molecule has 0 fully saturated rings. The van der Waals surface area contributed by atoms with E-state index in [-0.39, 0.29) is 0 Å². The molecule has 5 heteroatoms. The fourth-order valence-corrected chi connectivity index (χ4v) is 1.18. The zero-order chi connectivity index (χ0) is 11.1. The Morgan fingerprint density at radius 1 is 1.53 bits per heavy atom. The number of pyridine rings is 1. The zero-order valence-corrected chi connectivity index (χ0v) is 8.79. The number of carbonyl (C=O) groups is 1. The molecule has 4 N–H and O–H groups in total. The van der Waals surface area contributed by atoms with Crippen molar-refractivity contribution in [3.63, 3.8) is 0 Å². The van der Waals surface area contributed by atoms with Gasteiger partial charge in [0.2, 0.25) is 0 Å². The van der Waals surface area contributed by atoms with Crippen molar-refractivity contribution in [2.24, 2.45) is 5.73 Å². The van der Waals surface area contributed by atoms with E-state index in [1.54, 1.807) is 6.20 Å². The summed E-state index contributed by atoms with van der Waals surface area (Å²) in [5.41, 5.74) is 7.10. The van der Waals surface area contributed by atoms with Crippen molar-refractivity contribution in [1.29, 1.82) is 0 Å². The minimum Gasteiger partial charge on any atom is -0.352 e. The SMILES string of the molecule is Cc1cccnc1CNCCNC(N)=O. The van der Waals surface area contributed by atoms with Gasteiger partial charge in [-0.3, -0.25) is 4.98 Å². The summed E-state index contributed by atoms with van der Waals surface area (Å²) in [6.45, 7) is 3.93. The van der Waals surface area contributed by atoms with Crippen molar-refractivity contribution in [1.82, 2.24) is 15.6 Å². The number of urea groups is 1. The van der Waals surface area contributed by atoms with Crippen molar-refractivity contribution >= 4 is 6.03 Å². The molecule has 0 saturated heterocycles. The number of rotatable bonds is 5. The fraction of sp³-hybridized carbons (Fsp3) is 0.400. The highest BCUT2D eigenvalue weighted by molar-refractivity contribution is 5.71. The molecule has 0 atom stereocenters. The van der Waals surface area contributed by atoms with E-state index in [1.165, 1.54) is 0 Å². The molecule has 2 amide bonds. The Hall–Kier alpha value is -1.62. The van der Waals surface area contributed by atoms with E-state index in [4.69, 9.17) is 5.73 Å². The lowest BCUT2D eigenvalue weighted by atomic mass is 10.2. The van der Waals surface area contributed by atoms with E-state index < -0.39 is 6.03 Å². The Labute approximate surface area is 89.1 Å². The molecule has 15 heavy (non-hydrogen) atoms. The summed E-state index contributed by atoms with van der Waals surface area (Å²) in [6.07, 6.45) is 1.77. The number of nitrogens with one attached hydrogen (secondary N) is 2. The van der Waals surface area contributed by atoms with Crippen LogP contribution in [-0.4, -0.2) is 24.1 Å². The number of nitrogens with zero attached hydrogens (tertiary/aromatic N) is 1. The number of aryl methyl sites for hydroxylation is 1. The Bertz CT molecular complexity index is 327. The summed E-state index contributed by atoms with van der Waals surface area (Å²) in [6, 6.07) is 3.44. The molecular weight excluding hydrogens is 192 g/mol. The number of amides is 2. The number of hydrogen-bond donors (Lipinski definition) is 3. The summed E-state index contributed by atoms with van der Waals surface area (Å²) in [4.78, 5) is 14.6. The van der Waals surface area contributed by atoms with E-state index >= 15 is 0 Å². The van der Waals surface area contributed by atoms with Crippen LogP contribution in [0.25, 0.3) is 0 Å². The molecule has 82 valence electrons. The van der Waals surface area contributed by atoms with Crippen LogP contribution in [0.3, 0.4) is 0 Å². The maximum Gasteiger partial charge on any atom is 0.312 e. The average molecular weight is 208 g/mol. The van der Waals surface area contributed by atoms with Gasteiger partial charge in [-0.2, -0.15) is 0 Å². The third-order valence-corrected chi connectivity index (χ3v) is 2.01. The molecule has 0 unspecified atom stereocenters. The number of nitrogens with two attached hydrogens (primary N) is 1. The predicted molar refractivity (Wildman–Crippen MR) is 58.3 cm³/mol.